The molecule has 0 bridgehead atoms. The van der Waals surface area contributed by atoms with E-state index in [0.29, 0.717) is 17.3 Å². The highest BCUT2D eigenvalue weighted by atomic mass is 16.3. The van der Waals surface area contributed by atoms with E-state index in [2.05, 4.69) is 26.8 Å². The molecule has 2 aliphatic carbocycles. The summed E-state index contributed by atoms with van der Waals surface area (Å²) in [6, 6.07) is 0. The number of fused-ring (bicyclic) bond motifs is 1. The van der Waals surface area contributed by atoms with Crippen LogP contribution in [-0.4, -0.2) is 11.2 Å². The highest BCUT2D eigenvalue weighted by molar-refractivity contribution is 5.14. The lowest BCUT2D eigenvalue weighted by Gasteiger charge is -2.32. The molecule has 1 N–H and O–H groups in total. The average Bonchev–Trinajstić information content (AvgIpc) is 2.22. The molecule has 13 heavy (non-hydrogen) atoms. The average molecular weight is 180 g/mol. The Balaban J connectivity index is 2.27. The van der Waals surface area contributed by atoms with Crippen molar-refractivity contribution in [3.8, 4) is 0 Å². The molecule has 74 valence electrons. The molecule has 0 aromatic rings. The van der Waals surface area contributed by atoms with E-state index in [9.17, 15) is 5.11 Å². The van der Waals surface area contributed by atoms with Crippen molar-refractivity contribution in [1.82, 2.24) is 0 Å². The van der Waals surface area contributed by atoms with Crippen LogP contribution in [0.5, 0.6) is 0 Å². The fraction of sp³-hybridized carbons (Fsp3) is 0.833. The van der Waals surface area contributed by atoms with E-state index in [4.69, 9.17) is 0 Å². The third-order valence-electron chi connectivity index (χ3n) is 3.97. The number of aliphatic hydroxyl groups excluding tert-OH is 1. The molecule has 0 heterocycles. The first-order chi connectivity index (χ1) is 6.00. The zero-order chi connectivity index (χ0) is 9.64. The Hall–Kier alpha value is -0.300. The maximum atomic E-state index is 9.93. The van der Waals surface area contributed by atoms with Crippen LogP contribution in [0, 0.1) is 17.3 Å². The lowest BCUT2D eigenvalue weighted by Crippen LogP contribution is -2.25. The van der Waals surface area contributed by atoms with Gasteiger partial charge in [0.15, 0.2) is 0 Å². The zero-order valence-corrected chi connectivity index (χ0v) is 8.88. The standard InChI is InChI=1S/C12H20O/c1-8-4-5-10-9(6-8)11(13)7-12(10,2)3/h6,9-11,13H,4-5,7H2,1-3H3/t9-,10-,11+/m0/s1. The Morgan fingerprint density at radius 3 is 2.85 bits per heavy atom. The molecule has 0 unspecified atom stereocenters. The lowest BCUT2D eigenvalue weighted by molar-refractivity contribution is 0.137. The molecule has 1 nitrogen and oxygen atoms in total. The summed E-state index contributed by atoms with van der Waals surface area (Å²) >= 11 is 0. The third kappa shape index (κ3) is 1.43. The monoisotopic (exact) mass is 180 g/mol. The van der Waals surface area contributed by atoms with Crippen LogP contribution in [-0.2, 0) is 0 Å². The maximum absolute atomic E-state index is 9.93. The number of rotatable bonds is 0. The van der Waals surface area contributed by atoms with E-state index in [-0.39, 0.29) is 6.10 Å². The molecule has 1 fully saturated rings. The summed E-state index contributed by atoms with van der Waals surface area (Å²) in [4.78, 5) is 0. The Morgan fingerprint density at radius 1 is 1.46 bits per heavy atom. The minimum atomic E-state index is -0.0877. The molecule has 0 amide bonds. The predicted molar refractivity (Wildman–Crippen MR) is 54.4 cm³/mol. The number of hydrogen-bond donors (Lipinski definition) is 1. The summed E-state index contributed by atoms with van der Waals surface area (Å²) in [6.45, 7) is 6.79. The summed E-state index contributed by atoms with van der Waals surface area (Å²) in [5.74, 6) is 1.16. The van der Waals surface area contributed by atoms with Crippen molar-refractivity contribution in [2.24, 2.45) is 17.3 Å². The van der Waals surface area contributed by atoms with Crippen LogP contribution < -0.4 is 0 Å². The Bertz CT molecular complexity index is 240. The molecule has 2 aliphatic rings. The molecule has 0 spiro atoms. The first-order valence-corrected chi connectivity index (χ1v) is 5.36. The minimum absolute atomic E-state index is 0.0877. The Labute approximate surface area is 80.8 Å². The summed E-state index contributed by atoms with van der Waals surface area (Å²) in [5, 5.41) is 9.93. The van der Waals surface area contributed by atoms with Gasteiger partial charge < -0.3 is 5.11 Å². The van der Waals surface area contributed by atoms with Gasteiger partial charge in [-0.3, -0.25) is 0 Å². The molecular weight excluding hydrogens is 160 g/mol. The first-order valence-electron chi connectivity index (χ1n) is 5.36. The molecule has 3 atom stereocenters. The largest absolute Gasteiger partial charge is 0.392 e. The SMILES string of the molecule is CC1=C[C@@H]2[C@H](O)CC(C)(C)[C@H]2CC1. The van der Waals surface area contributed by atoms with E-state index in [0.717, 1.165) is 6.42 Å². The summed E-state index contributed by atoms with van der Waals surface area (Å²) in [5.41, 5.74) is 1.82. The van der Waals surface area contributed by atoms with Crippen LogP contribution in [0.1, 0.15) is 40.0 Å². The Morgan fingerprint density at radius 2 is 2.15 bits per heavy atom. The highest BCUT2D eigenvalue weighted by Crippen LogP contribution is 2.51. The molecule has 1 saturated carbocycles. The van der Waals surface area contributed by atoms with Crippen molar-refractivity contribution in [2.45, 2.75) is 46.1 Å². The van der Waals surface area contributed by atoms with E-state index in [1.165, 1.54) is 18.4 Å². The number of allylic oxidation sites excluding steroid dienone is 1. The fourth-order valence-corrected chi connectivity index (χ4v) is 3.22. The summed E-state index contributed by atoms with van der Waals surface area (Å²) in [7, 11) is 0. The molecule has 0 aromatic carbocycles. The summed E-state index contributed by atoms with van der Waals surface area (Å²) < 4.78 is 0. The normalized spacial score (nSPS) is 42.8. The van der Waals surface area contributed by atoms with Gasteiger partial charge in [0.1, 0.15) is 0 Å². The fourth-order valence-electron chi connectivity index (χ4n) is 3.22. The second kappa shape index (κ2) is 2.84. The second-order valence-corrected chi connectivity index (χ2v) is 5.50. The predicted octanol–water partition coefficient (Wildman–Crippen LogP) is 2.75. The van der Waals surface area contributed by atoms with Crippen molar-refractivity contribution in [2.75, 3.05) is 0 Å². The number of aliphatic hydroxyl groups is 1. The van der Waals surface area contributed by atoms with Gasteiger partial charge in [-0.05, 0) is 37.5 Å². The minimum Gasteiger partial charge on any atom is -0.392 e. The topological polar surface area (TPSA) is 20.2 Å². The molecule has 0 radical (unpaired) electrons. The van der Waals surface area contributed by atoms with Crippen LogP contribution in [0.4, 0.5) is 0 Å². The first kappa shape index (κ1) is 9.26. The molecule has 0 aliphatic heterocycles. The lowest BCUT2D eigenvalue weighted by atomic mass is 9.72. The number of hydrogen-bond acceptors (Lipinski definition) is 1. The van der Waals surface area contributed by atoms with Crippen molar-refractivity contribution < 1.29 is 5.11 Å². The quantitative estimate of drug-likeness (QED) is 0.568. The van der Waals surface area contributed by atoms with E-state index in [1.54, 1.807) is 0 Å². The van der Waals surface area contributed by atoms with E-state index in [1.807, 2.05) is 0 Å². The van der Waals surface area contributed by atoms with Crippen molar-refractivity contribution in [3.05, 3.63) is 11.6 Å². The molecule has 0 aromatic heterocycles. The molecule has 1 heteroatoms. The van der Waals surface area contributed by atoms with Gasteiger partial charge in [0.05, 0.1) is 6.10 Å². The van der Waals surface area contributed by atoms with Crippen LogP contribution in [0.25, 0.3) is 0 Å². The van der Waals surface area contributed by atoms with Crippen molar-refractivity contribution in [3.63, 3.8) is 0 Å². The molecular formula is C12H20O. The van der Waals surface area contributed by atoms with Crippen LogP contribution in [0.15, 0.2) is 11.6 Å². The highest BCUT2D eigenvalue weighted by Gasteiger charge is 2.47. The maximum Gasteiger partial charge on any atom is 0.0610 e. The van der Waals surface area contributed by atoms with Gasteiger partial charge in [0, 0.05) is 5.92 Å². The molecule has 2 rings (SSSR count). The van der Waals surface area contributed by atoms with Gasteiger partial charge in [-0.2, -0.15) is 0 Å². The Kier molecular flexibility index (Phi) is 2.03. The van der Waals surface area contributed by atoms with Gasteiger partial charge in [-0.15, -0.1) is 0 Å². The smallest absolute Gasteiger partial charge is 0.0610 e. The van der Waals surface area contributed by atoms with Crippen molar-refractivity contribution >= 4 is 0 Å². The van der Waals surface area contributed by atoms with Crippen LogP contribution in [0.3, 0.4) is 0 Å². The van der Waals surface area contributed by atoms with E-state index < -0.39 is 0 Å². The van der Waals surface area contributed by atoms with Gasteiger partial charge in [-0.1, -0.05) is 25.5 Å². The van der Waals surface area contributed by atoms with Gasteiger partial charge in [0.2, 0.25) is 0 Å². The third-order valence-corrected chi connectivity index (χ3v) is 3.97. The van der Waals surface area contributed by atoms with Crippen LogP contribution >= 0.6 is 0 Å². The second-order valence-electron chi connectivity index (χ2n) is 5.50. The van der Waals surface area contributed by atoms with Crippen LogP contribution in [0.2, 0.25) is 0 Å². The van der Waals surface area contributed by atoms with Gasteiger partial charge in [0.25, 0.3) is 0 Å². The summed E-state index contributed by atoms with van der Waals surface area (Å²) in [6.07, 6.45) is 5.71. The zero-order valence-electron chi connectivity index (χ0n) is 8.88. The van der Waals surface area contributed by atoms with Crippen molar-refractivity contribution in [1.29, 1.82) is 0 Å². The molecule has 0 saturated heterocycles. The van der Waals surface area contributed by atoms with Gasteiger partial charge >= 0.3 is 0 Å². The van der Waals surface area contributed by atoms with E-state index >= 15 is 0 Å². The van der Waals surface area contributed by atoms with Gasteiger partial charge in [-0.25, -0.2) is 0 Å².